The van der Waals surface area contributed by atoms with E-state index in [-0.39, 0.29) is 43.1 Å². The summed E-state index contributed by atoms with van der Waals surface area (Å²) in [6.45, 7) is 5.33. The maximum absolute atomic E-state index is 12.7. The van der Waals surface area contributed by atoms with Gasteiger partial charge in [0.1, 0.15) is 6.10 Å². The van der Waals surface area contributed by atoms with E-state index in [1.165, 1.54) is 6.92 Å². The van der Waals surface area contributed by atoms with Gasteiger partial charge in [0.25, 0.3) is 6.08 Å². The summed E-state index contributed by atoms with van der Waals surface area (Å²) < 4.78 is 31.1. The van der Waals surface area contributed by atoms with Crippen LogP contribution in [0.4, 0.5) is 8.78 Å². The van der Waals surface area contributed by atoms with E-state index in [9.17, 15) is 33.7 Å². The minimum absolute atomic E-state index is 0.0228. The van der Waals surface area contributed by atoms with Gasteiger partial charge in [-0.25, -0.2) is 4.79 Å². The summed E-state index contributed by atoms with van der Waals surface area (Å²) in [4.78, 5) is 24.4. The topological polar surface area (TPSA) is 156 Å². The molecule has 4 aliphatic carbocycles. The van der Waals surface area contributed by atoms with Crippen LogP contribution in [-0.2, 0) is 14.3 Å². The molecule has 0 unspecified atom stereocenters. The van der Waals surface area contributed by atoms with Crippen molar-refractivity contribution >= 4 is 11.9 Å². The van der Waals surface area contributed by atoms with E-state index in [1.54, 1.807) is 0 Å². The Labute approximate surface area is 216 Å². The van der Waals surface area contributed by atoms with Crippen LogP contribution in [0.2, 0.25) is 0 Å². The number of carbonyl (C=O) groups is 2. The summed E-state index contributed by atoms with van der Waals surface area (Å²) in [6, 6.07) is -0.420. The maximum Gasteiger partial charge on any atom is 0.331 e. The van der Waals surface area contributed by atoms with Gasteiger partial charge >= 0.3 is 11.9 Å². The number of allylic oxidation sites excluding steroid dienone is 1. The molecule has 4 fully saturated rings. The highest BCUT2D eigenvalue weighted by molar-refractivity contribution is 5.88. The van der Waals surface area contributed by atoms with Crippen LogP contribution in [-0.4, -0.2) is 57.2 Å². The van der Waals surface area contributed by atoms with E-state index in [2.05, 4.69) is 6.92 Å². The first-order chi connectivity index (χ1) is 17.2. The number of halogens is 2. The highest BCUT2D eigenvalue weighted by Gasteiger charge is 2.71. The largest absolute Gasteiger partial charge is 0.478 e. The van der Waals surface area contributed by atoms with Crippen molar-refractivity contribution in [3.63, 3.8) is 0 Å². The van der Waals surface area contributed by atoms with Gasteiger partial charge in [-0.15, -0.1) is 0 Å². The predicted octanol–water partition coefficient (Wildman–Crippen LogP) is 2.86. The number of esters is 1. The van der Waals surface area contributed by atoms with Gasteiger partial charge in [-0.3, -0.25) is 4.79 Å². The molecule has 4 saturated carbocycles. The van der Waals surface area contributed by atoms with Crippen LogP contribution in [0, 0.1) is 28.6 Å². The smallest absolute Gasteiger partial charge is 0.331 e. The molecule has 0 heterocycles. The second-order valence-corrected chi connectivity index (χ2v) is 12.2. The number of carbonyl (C=O) groups excluding carboxylic acids is 1. The van der Waals surface area contributed by atoms with E-state index in [0.29, 0.717) is 37.3 Å². The van der Waals surface area contributed by atoms with Crippen LogP contribution in [0.3, 0.4) is 0 Å². The van der Waals surface area contributed by atoms with Crippen LogP contribution in [0.1, 0.15) is 72.1 Å². The lowest BCUT2D eigenvalue weighted by Crippen LogP contribution is -2.75. The maximum atomic E-state index is 12.7. The lowest BCUT2D eigenvalue weighted by Gasteiger charge is -2.68. The van der Waals surface area contributed by atoms with Crippen molar-refractivity contribution in [1.29, 1.82) is 0 Å². The Kier molecular flexibility index (Phi) is 7.38. The molecule has 0 saturated heterocycles. The Balaban J connectivity index is 1.82. The van der Waals surface area contributed by atoms with Gasteiger partial charge in [0.05, 0.1) is 12.2 Å². The zero-order valence-corrected chi connectivity index (χ0v) is 21.8. The Morgan fingerprint density at radius 2 is 1.84 bits per heavy atom. The van der Waals surface area contributed by atoms with E-state index in [0.717, 1.165) is 0 Å². The number of aliphatic hydroxyl groups excluding tert-OH is 2. The van der Waals surface area contributed by atoms with Crippen LogP contribution in [0.25, 0.3) is 0 Å². The molecule has 37 heavy (non-hydrogen) atoms. The molecule has 0 aromatic heterocycles. The van der Waals surface area contributed by atoms with E-state index in [4.69, 9.17) is 16.2 Å². The van der Waals surface area contributed by atoms with E-state index < -0.39 is 64.7 Å². The number of aliphatic hydroxyl groups is 2. The SMILES string of the molecule is CC(=O)O[C@H]1C[C@@]2(C)[C@@H](C[C@@H](O)[C@H]3[C@@]4(C)CC[C@@H](O)[C@@H](N)[C@@H]4CC[C@@]32N)/C1=C(\CCC=C(F)F)C(=O)O. The molecule has 10 heteroatoms. The molecule has 7 N–H and O–H groups in total. The standard InChI is InChI=1S/C27H40F2N2O6/c1-13(32)37-19-12-26(3)16(21(19)14(24(35)36)5-4-6-20(28)29)11-18(34)23-25(2)9-8-17(33)22(30)15(25)7-10-27(23,26)31/h6,15-19,22-23,33-34H,4-5,7-12,30-31H2,1-3H3,(H,35,36)/b21-14-/t15-,16-,17+,18+,19-,22-,23-,25-,26-,27+/m0/s1. The van der Waals surface area contributed by atoms with Crippen molar-refractivity contribution in [3.8, 4) is 0 Å². The minimum atomic E-state index is -1.89. The van der Waals surface area contributed by atoms with Crippen LogP contribution >= 0.6 is 0 Å². The summed E-state index contributed by atoms with van der Waals surface area (Å²) in [5, 5.41) is 32.2. The summed E-state index contributed by atoms with van der Waals surface area (Å²) in [7, 11) is 0. The second kappa shape index (κ2) is 9.70. The van der Waals surface area contributed by atoms with Crippen molar-refractivity contribution in [2.75, 3.05) is 0 Å². The molecule has 0 spiro atoms. The highest BCUT2D eigenvalue weighted by atomic mass is 19.3. The molecule has 208 valence electrons. The number of ether oxygens (including phenoxy) is 1. The average Bonchev–Trinajstić information content (AvgIpc) is 3.05. The van der Waals surface area contributed by atoms with Crippen molar-refractivity contribution in [2.24, 2.45) is 40.1 Å². The summed E-state index contributed by atoms with van der Waals surface area (Å²) in [6.07, 6.45) is -1.06. The Morgan fingerprint density at radius 1 is 1.16 bits per heavy atom. The molecular formula is C27H40F2N2O6. The highest BCUT2D eigenvalue weighted by Crippen LogP contribution is 2.69. The van der Waals surface area contributed by atoms with Gasteiger partial charge < -0.3 is 31.5 Å². The van der Waals surface area contributed by atoms with Gasteiger partial charge in [-0.05, 0) is 85.7 Å². The van der Waals surface area contributed by atoms with Crippen molar-refractivity contribution < 1.29 is 38.4 Å². The first-order valence-electron chi connectivity index (χ1n) is 13.2. The number of rotatable bonds is 5. The molecule has 0 amide bonds. The van der Waals surface area contributed by atoms with Gasteiger partial charge in [0, 0.05) is 30.0 Å². The Bertz CT molecular complexity index is 1010. The lowest BCUT2D eigenvalue weighted by atomic mass is 9.39. The molecule has 10 atom stereocenters. The lowest BCUT2D eigenvalue weighted by molar-refractivity contribution is -0.193. The number of carboxylic acid groups (broad SMARTS) is 1. The van der Waals surface area contributed by atoms with Gasteiger partial charge in [-0.2, -0.15) is 8.78 Å². The molecule has 8 nitrogen and oxygen atoms in total. The van der Waals surface area contributed by atoms with Gasteiger partial charge in [0.15, 0.2) is 0 Å². The van der Waals surface area contributed by atoms with Crippen molar-refractivity contribution in [2.45, 2.75) is 102 Å². The van der Waals surface area contributed by atoms with Gasteiger partial charge in [0.2, 0.25) is 0 Å². The zero-order chi connectivity index (χ0) is 27.5. The summed E-state index contributed by atoms with van der Waals surface area (Å²) in [5.41, 5.74) is 12.0. The molecular weight excluding hydrogens is 486 g/mol. The Hall–Kier alpha value is -1.88. The fraction of sp³-hybridized carbons (Fsp3) is 0.778. The van der Waals surface area contributed by atoms with E-state index >= 15 is 0 Å². The monoisotopic (exact) mass is 526 g/mol. The number of carboxylic acids is 1. The number of hydrogen-bond acceptors (Lipinski definition) is 7. The number of nitrogens with two attached hydrogens (primary N) is 2. The van der Waals surface area contributed by atoms with Crippen LogP contribution in [0.15, 0.2) is 23.3 Å². The second-order valence-electron chi connectivity index (χ2n) is 12.2. The summed E-state index contributed by atoms with van der Waals surface area (Å²) in [5.74, 6) is -2.70. The van der Waals surface area contributed by atoms with Crippen molar-refractivity contribution in [1.82, 2.24) is 0 Å². The molecule has 0 aromatic carbocycles. The molecule has 4 aliphatic rings. The normalized spacial score (nSPS) is 46.2. The molecule has 0 bridgehead atoms. The number of fused-ring (bicyclic) bond motifs is 5. The Morgan fingerprint density at radius 3 is 2.43 bits per heavy atom. The van der Waals surface area contributed by atoms with Crippen LogP contribution < -0.4 is 11.5 Å². The van der Waals surface area contributed by atoms with Crippen LogP contribution in [0.5, 0.6) is 0 Å². The molecule has 0 aromatic rings. The molecule has 4 rings (SSSR count). The fourth-order valence-electron chi connectivity index (χ4n) is 8.91. The molecule has 0 radical (unpaired) electrons. The van der Waals surface area contributed by atoms with Gasteiger partial charge in [-0.1, -0.05) is 13.8 Å². The first-order valence-corrected chi connectivity index (χ1v) is 13.2. The number of hydrogen-bond donors (Lipinski definition) is 5. The minimum Gasteiger partial charge on any atom is -0.478 e. The van der Waals surface area contributed by atoms with Crippen molar-refractivity contribution in [3.05, 3.63) is 23.3 Å². The fourth-order valence-corrected chi connectivity index (χ4v) is 8.91. The predicted molar refractivity (Wildman–Crippen MR) is 131 cm³/mol. The third-order valence-corrected chi connectivity index (χ3v) is 10.5. The summed E-state index contributed by atoms with van der Waals surface area (Å²) >= 11 is 0. The number of aliphatic carboxylic acids is 1. The third kappa shape index (κ3) is 4.33. The first kappa shape index (κ1) is 28.1. The van der Waals surface area contributed by atoms with E-state index in [1.807, 2.05) is 6.92 Å². The quantitative estimate of drug-likeness (QED) is 0.270. The zero-order valence-electron chi connectivity index (χ0n) is 21.8. The molecule has 0 aliphatic heterocycles. The average molecular weight is 527 g/mol. The third-order valence-electron chi connectivity index (χ3n) is 10.5.